The highest BCUT2D eigenvalue weighted by Gasteiger charge is 2.25. The Hall–Kier alpha value is -1.14. The quantitative estimate of drug-likeness (QED) is 0.430. The summed E-state index contributed by atoms with van der Waals surface area (Å²) >= 11 is 3.33. The monoisotopic (exact) mass is 376 g/mol. The Bertz CT molecular complexity index is 768. The van der Waals surface area contributed by atoms with E-state index in [1.807, 2.05) is 6.92 Å². The molecule has 2 aliphatic rings. The van der Waals surface area contributed by atoms with Crippen molar-refractivity contribution in [3.05, 3.63) is 16.8 Å². The molecule has 0 aromatic carbocycles. The van der Waals surface area contributed by atoms with Gasteiger partial charge in [0.15, 0.2) is 0 Å². The van der Waals surface area contributed by atoms with Gasteiger partial charge in [0, 0.05) is 10.3 Å². The molecule has 4 nitrogen and oxygen atoms in total. The minimum absolute atomic E-state index is 0.104. The molecule has 2 aliphatic carbocycles. The van der Waals surface area contributed by atoms with Crippen LogP contribution in [0.4, 0.5) is 0 Å². The number of carbonyl (C=O) groups excluding carboxylic acids is 1. The average Bonchev–Trinajstić information content (AvgIpc) is 3.02. The van der Waals surface area contributed by atoms with Gasteiger partial charge in [0.2, 0.25) is 0 Å². The summed E-state index contributed by atoms with van der Waals surface area (Å²) in [6.07, 6.45) is 12.1. The zero-order chi connectivity index (χ0) is 17.2. The van der Waals surface area contributed by atoms with Gasteiger partial charge in [0.25, 0.3) is 0 Å². The summed E-state index contributed by atoms with van der Waals surface area (Å²) in [5.41, 5.74) is 1.42. The maximum absolute atomic E-state index is 12.5. The third-order valence-electron chi connectivity index (χ3n) is 5.17. The fourth-order valence-corrected chi connectivity index (χ4v) is 6.04. The molecule has 0 saturated heterocycles. The number of fused-ring (bicyclic) bond motifs is 3. The first-order chi connectivity index (χ1) is 12.2. The lowest BCUT2D eigenvalue weighted by Crippen LogP contribution is -2.26. The van der Waals surface area contributed by atoms with E-state index in [1.165, 1.54) is 59.7 Å². The average molecular weight is 377 g/mol. The molecule has 0 amide bonds. The van der Waals surface area contributed by atoms with Crippen molar-refractivity contribution in [1.82, 2.24) is 9.97 Å². The third-order valence-corrected chi connectivity index (χ3v) is 7.45. The molecular weight excluding hydrogens is 352 g/mol. The second-order valence-electron chi connectivity index (χ2n) is 7.03. The lowest BCUT2D eigenvalue weighted by molar-refractivity contribution is -0.149. The molecule has 2 aromatic heterocycles. The molecule has 1 fully saturated rings. The molecule has 134 valence electrons. The van der Waals surface area contributed by atoms with Crippen molar-refractivity contribution in [1.29, 1.82) is 0 Å². The first kappa shape index (κ1) is 17.3. The summed E-state index contributed by atoms with van der Waals surface area (Å²) in [6.45, 7) is 1.93. The van der Waals surface area contributed by atoms with Crippen LogP contribution in [0.5, 0.6) is 0 Å². The van der Waals surface area contributed by atoms with Gasteiger partial charge < -0.3 is 4.74 Å². The Labute approximate surface area is 156 Å². The van der Waals surface area contributed by atoms with E-state index in [-0.39, 0.29) is 17.3 Å². The molecule has 6 heteroatoms. The molecule has 2 heterocycles. The minimum atomic E-state index is -0.237. The molecule has 1 saturated carbocycles. The number of aromatic nitrogens is 2. The van der Waals surface area contributed by atoms with Gasteiger partial charge >= 0.3 is 5.97 Å². The number of thioether (sulfide) groups is 1. The Morgan fingerprint density at radius 3 is 2.84 bits per heavy atom. The largest absolute Gasteiger partial charge is 0.462 e. The second kappa shape index (κ2) is 7.62. The number of ether oxygens (including phenoxy) is 1. The van der Waals surface area contributed by atoms with Crippen molar-refractivity contribution in [3.63, 3.8) is 0 Å². The van der Waals surface area contributed by atoms with Crippen LogP contribution in [0.25, 0.3) is 10.2 Å². The van der Waals surface area contributed by atoms with E-state index in [0.29, 0.717) is 0 Å². The van der Waals surface area contributed by atoms with Crippen molar-refractivity contribution in [3.8, 4) is 0 Å². The number of hydrogen-bond donors (Lipinski definition) is 0. The van der Waals surface area contributed by atoms with Crippen LogP contribution in [0, 0.1) is 0 Å². The smallest absolute Gasteiger partial charge is 0.319 e. The van der Waals surface area contributed by atoms with Crippen LogP contribution < -0.4 is 0 Å². The molecule has 1 atom stereocenters. The van der Waals surface area contributed by atoms with Crippen LogP contribution >= 0.6 is 23.1 Å². The van der Waals surface area contributed by atoms with E-state index in [1.54, 1.807) is 17.7 Å². The molecule has 0 bridgehead atoms. The number of thiophene rings is 1. The van der Waals surface area contributed by atoms with Crippen LogP contribution in [0.3, 0.4) is 0 Å². The summed E-state index contributed by atoms with van der Waals surface area (Å²) in [7, 11) is 0. The number of hydrogen-bond acceptors (Lipinski definition) is 6. The number of aryl methyl sites for hydroxylation is 2. The lowest BCUT2D eigenvalue weighted by atomic mass is 9.97. The molecule has 0 aliphatic heterocycles. The summed E-state index contributed by atoms with van der Waals surface area (Å²) in [4.78, 5) is 24.0. The predicted octanol–water partition coefficient (Wildman–Crippen LogP) is 4.93. The predicted molar refractivity (Wildman–Crippen MR) is 102 cm³/mol. The normalized spacial score (nSPS) is 19.6. The molecule has 0 spiro atoms. The van der Waals surface area contributed by atoms with Crippen LogP contribution in [0.1, 0.15) is 62.3 Å². The fraction of sp³-hybridized carbons (Fsp3) is 0.632. The number of rotatable bonds is 4. The highest BCUT2D eigenvalue weighted by atomic mass is 32.2. The van der Waals surface area contributed by atoms with Gasteiger partial charge in [-0.2, -0.15) is 0 Å². The van der Waals surface area contributed by atoms with Gasteiger partial charge in [-0.25, -0.2) is 9.97 Å². The van der Waals surface area contributed by atoms with Gasteiger partial charge in [-0.05, 0) is 63.9 Å². The molecule has 25 heavy (non-hydrogen) atoms. The van der Waals surface area contributed by atoms with Gasteiger partial charge in [0.1, 0.15) is 27.5 Å². The second-order valence-corrected chi connectivity index (χ2v) is 9.44. The summed E-state index contributed by atoms with van der Waals surface area (Å²) in [6, 6.07) is 0. The Kier molecular flexibility index (Phi) is 5.27. The Morgan fingerprint density at radius 1 is 1.20 bits per heavy atom. The van der Waals surface area contributed by atoms with Gasteiger partial charge in [-0.1, -0.05) is 18.2 Å². The van der Waals surface area contributed by atoms with E-state index in [0.717, 1.165) is 35.5 Å². The molecule has 4 rings (SSSR count). The highest BCUT2D eigenvalue weighted by Crippen LogP contribution is 2.40. The van der Waals surface area contributed by atoms with E-state index in [2.05, 4.69) is 9.97 Å². The minimum Gasteiger partial charge on any atom is -0.462 e. The van der Waals surface area contributed by atoms with Crippen LogP contribution in [0.2, 0.25) is 0 Å². The number of nitrogens with zero attached hydrogens (tertiary/aromatic N) is 2. The summed E-state index contributed by atoms with van der Waals surface area (Å²) in [5, 5.41) is 1.89. The third kappa shape index (κ3) is 3.70. The highest BCUT2D eigenvalue weighted by molar-refractivity contribution is 8.00. The van der Waals surface area contributed by atoms with Crippen LogP contribution in [-0.4, -0.2) is 27.3 Å². The van der Waals surface area contributed by atoms with E-state index < -0.39 is 0 Å². The van der Waals surface area contributed by atoms with Crippen molar-refractivity contribution >= 4 is 39.3 Å². The number of carbonyl (C=O) groups is 1. The summed E-state index contributed by atoms with van der Waals surface area (Å²) < 4.78 is 5.73. The molecule has 0 N–H and O–H groups in total. The van der Waals surface area contributed by atoms with Gasteiger partial charge in [-0.15, -0.1) is 11.3 Å². The Morgan fingerprint density at radius 2 is 2.00 bits per heavy atom. The SMILES string of the molecule is C[C@H](Sc1ncnc2sc3c(c12)CCCC3)C(=O)OC1CCCCC1. The molecule has 0 radical (unpaired) electrons. The molecule has 0 unspecified atom stereocenters. The molecule has 2 aromatic rings. The fourth-order valence-electron chi connectivity index (χ4n) is 3.81. The molecular formula is C19H24N2O2S2. The van der Waals surface area contributed by atoms with Crippen molar-refractivity contribution < 1.29 is 9.53 Å². The van der Waals surface area contributed by atoms with Crippen LogP contribution in [-0.2, 0) is 22.4 Å². The lowest BCUT2D eigenvalue weighted by Gasteiger charge is -2.23. The van der Waals surface area contributed by atoms with E-state index in [4.69, 9.17) is 4.74 Å². The first-order valence-electron chi connectivity index (χ1n) is 9.35. The topological polar surface area (TPSA) is 52.1 Å². The van der Waals surface area contributed by atoms with Crippen molar-refractivity contribution in [2.75, 3.05) is 0 Å². The van der Waals surface area contributed by atoms with E-state index >= 15 is 0 Å². The van der Waals surface area contributed by atoms with E-state index in [9.17, 15) is 4.79 Å². The first-order valence-corrected chi connectivity index (χ1v) is 11.0. The standard InChI is InChI=1S/C19H24N2O2S2/c1-12(19(22)23-13-7-3-2-4-8-13)24-17-16-14-9-5-6-10-15(14)25-18(16)21-11-20-17/h11-13H,2-10H2,1H3/t12-/m0/s1. The van der Waals surface area contributed by atoms with Crippen molar-refractivity contribution in [2.24, 2.45) is 0 Å². The number of esters is 1. The maximum Gasteiger partial charge on any atom is 0.319 e. The Balaban J connectivity index is 1.51. The van der Waals surface area contributed by atoms with Crippen LogP contribution in [0.15, 0.2) is 11.4 Å². The zero-order valence-electron chi connectivity index (χ0n) is 14.6. The van der Waals surface area contributed by atoms with Crippen molar-refractivity contribution in [2.45, 2.75) is 81.1 Å². The van der Waals surface area contributed by atoms with Gasteiger partial charge in [-0.3, -0.25) is 4.79 Å². The van der Waals surface area contributed by atoms with Gasteiger partial charge in [0.05, 0.1) is 0 Å². The summed E-state index contributed by atoms with van der Waals surface area (Å²) in [5.74, 6) is -0.104. The maximum atomic E-state index is 12.5. The zero-order valence-corrected chi connectivity index (χ0v) is 16.3.